The summed E-state index contributed by atoms with van der Waals surface area (Å²) in [4.78, 5) is 19.3. The first-order valence-corrected chi connectivity index (χ1v) is 7.62. The van der Waals surface area contributed by atoms with E-state index in [1.54, 1.807) is 0 Å². The molecule has 0 amide bonds. The fourth-order valence-electron chi connectivity index (χ4n) is 3.08. The van der Waals surface area contributed by atoms with Crippen LogP contribution in [0.4, 0.5) is 5.69 Å². The van der Waals surface area contributed by atoms with Gasteiger partial charge in [0.15, 0.2) is 0 Å². The SMILES string of the molecule is CN1C=C(C(=O)OC(C)(C)C)C2(C=Nc3ccccc32)CC1. The van der Waals surface area contributed by atoms with Crippen LogP contribution in [0.3, 0.4) is 0 Å². The van der Waals surface area contributed by atoms with Crippen molar-refractivity contribution in [1.82, 2.24) is 4.90 Å². The minimum atomic E-state index is -0.510. The number of carbonyl (C=O) groups excluding carboxylic acids is 1. The number of esters is 1. The smallest absolute Gasteiger partial charge is 0.337 e. The predicted molar refractivity (Wildman–Crippen MR) is 87.4 cm³/mol. The second kappa shape index (κ2) is 4.97. The largest absolute Gasteiger partial charge is 0.457 e. The second-order valence-corrected chi connectivity index (χ2v) is 7.02. The minimum Gasteiger partial charge on any atom is -0.457 e. The topological polar surface area (TPSA) is 41.9 Å². The molecule has 2 heterocycles. The normalized spacial score (nSPS) is 23.5. The van der Waals surface area contributed by atoms with Crippen LogP contribution in [-0.2, 0) is 14.9 Å². The molecule has 0 saturated heterocycles. The summed E-state index contributed by atoms with van der Waals surface area (Å²) in [5, 5.41) is 0. The number of rotatable bonds is 1. The monoisotopic (exact) mass is 298 g/mol. The summed E-state index contributed by atoms with van der Waals surface area (Å²) >= 11 is 0. The predicted octanol–water partition coefficient (Wildman–Crippen LogP) is 3.20. The van der Waals surface area contributed by atoms with E-state index in [0.29, 0.717) is 5.57 Å². The van der Waals surface area contributed by atoms with E-state index in [-0.39, 0.29) is 5.97 Å². The number of nitrogens with zero attached hydrogens (tertiary/aromatic N) is 2. The van der Waals surface area contributed by atoms with Gasteiger partial charge in [-0.15, -0.1) is 0 Å². The highest BCUT2D eigenvalue weighted by Gasteiger charge is 2.46. The first-order valence-electron chi connectivity index (χ1n) is 7.62. The van der Waals surface area contributed by atoms with Crippen LogP contribution in [0.15, 0.2) is 41.0 Å². The highest BCUT2D eigenvalue weighted by Crippen LogP contribution is 2.46. The van der Waals surface area contributed by atoms with E-state index in [1.807, 2.05) is 63.3 Å². The number of hydrogen-bond donors (Lipinski definition) is 0. The molecule has 1 spiro atoms. The lowest BCUT2D eigenvalue weighted by atomic mass is 9.72. The Morgan fingerprint density at radius 1 is 1.32 bits per heavy atom. The van der Waals surface area contributed by atoms with Crippen molar-refractivity contribution >= 4 is 17.9 Å². The Labute approximate surface area is 131 Å². The fourth-order valence-corrected chi connectivity index (χ4v) is 3.08. The summed E-state index contributed by atoms with van der Waals surface area (Å²) in [5.74, 6) is -0.262. The van der Waals surface area contributed by atoms with Crippen LogP contribution in [0.5, 0.6) is 0 Å². The Balaban J connectivity index is 2.06. The molecule has 2 aliphatic rings. The molecule has 0 fully saturated rings. The lowest BCUT2D eigenvalue weighted by molar-refractivity contribution is -0.150. The number of ether oxygens (including phenoxy) is 1. The fraction of sp³-hybridized carbons (Fsp3) is 0.444. The molecule has 1 aromatic carbocycles. The van der Waals surface area contributed by atoms with Gasteiger partial charge in [0.05, 0.1) is 16.7 Å². The van der Waals surface area contributed by atoms with E-state index < -0.39 is 11.0 Å². The Hall–Kier alpha value is -2.10. The van der Waals surface area contributed by atoms with Gasteiger partial charge in [0.2, 0.25) is 0 Å². The zero-order valence-corrected chi connectivity index (χ0v) is 13.6. The summed E-state index contributed by atoms with van der Waals surface area (Å²) in [6, 6.07) is 8.03. The van der Waals surface area contributed by atoms with Crippen molar-refractivity contribution in [3.8, 4) is 0 Å². The van der Waals surface area contributed by atoms with Gasteiger partial charge in [0, 0.05) is 26.0 Å². The number of aliphatic imine (C=N–C) groups is 1. The van der Waals surface area contributed by atoms with Gasteiger partial charge in [-0.05, 0) is 38.8 Å². The number of para-hydroxylation sites is 1. The number of carbonyl (C=O) groups is 1. The zero-order chi connectivity index (χ0) is 16.0. The van der Waals surface area contributed by atoms with Gasteiger partial charge in [-0.3, -0.25) is 4.99 Å². The molecule has 116 valence electrons. The third-order valence-corrected chi connectivity index (χ3v) is 4.12. The van der Waals surface area contributed by atoms with Crippen molar-refractivity contribution in [2.24, 2.45) is 4.99 Å². The highest BCUT2D eigenvalue weighted by molar-refractivity contribution is 6.02. The third kappa shape index (κ3) is 2.43. The van der Waals surface area contributed by atoms with Gasteiger partial charge >= 0.3 is 5.97 Å². The summed E-state index contributed by atoms with van der Waals surface area (Å²) < 4.78 is 5.63. The van der Waals surface area contributed by atoms with Gasteiger partial charge in [0.25, 0.3) is 0 Å². The van der Waals surface area contributed by atoms with Gasteiger partial charge in [-0.2, -0.15) is 0 Å². The van der Waals surface area contributed by atoms with E-state index in [9.17, 15) is 4.79 Å². The number of hydrogen-bond acceptors (Lipinski definition) is 4. The van der Waals surface area contributed by atoms with E-state index in [4.69, 9.17) is 4.74 Å². The first-order chi connectivity index (χ1) is 10.3. The summed E-state index contributed by atoms with van der Waals surface area (Å²) in [7, 11) is 1.98. The van der Waals surface area contributed by atoms with E-state index >= 15 is 0 Å². The van der Waals surface area contributed by atoms with Crippen LogP contribution in [-0.4, -0.2) is 36.3 Å². The summed E-state index contributed by atoms with van der Waals surface area (Å²) in [6.45, 7) is 6.55. The molecule has 4 heteroatoms. The molecule has 0 N–H and O–H groups in total. The molecule has 2 aliphatic heterocycles. The van der Waals surface area contributed by atoms with Crippen LogP contribution in [0.1, 0.15) is 32.8 Å². The van der Waals surface area contributed by atoms with Gasteiger partial charge in [0.1, 0.15) is 5.60 Å². The molecule has 3 rings (SSSR count). The Kier molecular flexibility index (Phi) is 3.35. The van der Waals surface area contributed by atoms with Gasteiger partial charge < -0.3 is 9.64 Å². The molecule has 0 aromatic heterocycles. The minimum absolute atomic E-state index is 0.262. The maximum atomic E-state index is 12.8. The molecule has 0 bridgehead atoms. The molecule has 1 aromatic rings. The van der Waals surface area contributed by atoms with Crippen LogP contribution >= 0.6 is 0 Å². The molecule has 1 unspecified atom stereocenters. The van der Waals surface area contributed by atoms with Gasteiger partial charge in [-0.25, -0.2) is 4.79 Å². The number of fused-ring (bicyclic) bond motifs is 2. The van der Waals surface area contributed by atoms with E-state index in [0.717, 1.165) is 24.2 Å². The summed E-state index contributed by atoms with van der Waals surface area (Å²) in [5.41, 5.74) is 1.75. The second-order valence-electron chi connectivity index (χ2n) is 7.02. The van der Waals surface area contributed by atoms with E-state index in [2.05, 4.69) is 11.1 Å². The van der Waals surface area contributed by atoms with Crippen LogP contribution in [0, 0.1) is 0 Å². The number of benzene rings is 1. The van der Waals surface area contributed by atoms with Gasteiger partial charge in [-0.1, -0.05) is 18.2 Å². The molecule has 0 radical (unpaired) electrons. The molecule has 4 nitrogen and oxygen atoms in total. The molecular weight excluding hydrogens is 276 g/mol. The molecule has 22 heavy (non-hydrogen) atoms. The van der Waals surface area contributed by atoms with Crippen LogP contribution in [0.2, 0.25) is 0 Å². The summed E-state index contributed by atoms with van der Waals surface area (Å²) in [6.07, 6.45) is 4.65. The maximum absolute atomic E-state index is 12.8. The lowest BCUT2D eigenvalue weighted by Crippen LogP contribution is -2.42. The quantitative estimate of drug-likeness (QED) is 0.748. The highest BCUT2D eigenvalue weighted by atomic mass is 16.6. The Morgan fingerprint density at radius 2 is 2.05 bits per heavy atom. The van der Waals surface area contributed by atoms with E-state index in [1.165, 1.54) is 0 Å². The molecular formula is C18H22N2O2. The average Bonchev–Trinajstić information content (AvgIpc) is 2.80. The molecule has 0 aliphatic carbocycles. The van der Waals surface area contributed by atoms with Crippen molar-refractivity contribution < 1.29 is 9.53 Å². The Bertz CT molecular complexity index is 670. The average molecular weight is 298 g/mol. The van der Waals surface area contributed by atoms with Crippen molar-refractivity contribution in [2.45, 2.75) is 38.2 Å². The van der Waals surface area contributed by atoms with Crippen LogP contribution in [0.25, 0.3) is 0 Å². The zero-order valence-electron chi connectivity index (χ0n) is 13.6. The molecule has 1 atom stereocenters. The first kappa shape index (κ1) is 14.8. The Morgan fingerprint density at radius 3 is 2.77 bits per heavy atom. The van der Waals surface area contributed by atoms with Crippen molar-refractivity contribution in [1.29, 1.82) is 0 Å². The molecule has 0 saturated carbocycles. The van der Waals surface area contributed by atoms with Crippen molar-refractivity contribution in [3.63, 3.8) is 0 Å². The lowest BCUT2D eigenvalue weighted by Gasteiger charge is -2.37. The van der Waals surface area contributed by atoms with Crippen LogP contribution < -0.4 is 0 Å². The maximum Gasteiger partial charge on any atom is 0.337 e. The standard InChI is InChI=1S/C18H22N2O2/c1-17(2,3)22-16(21)14-11-20(4)10-9-18(14)12-19-15-8-6-5-7-13(15)18/h5-8,11-12H,9-10H2,1-4H3. The van der Waals surface area contributed by atoms with Crippen molar-refractivity contribution in [2.75, 3.05) is 13.6 Å². The van der Waals surface area contributed by atoms with Crippen molar-refractivity contribution in [3.05, 3.63) is 41.6 Å². The third-order valence-electron chi connectivity index (χ3n) is 4.12.